The lowest BCUT2D eigenvalue weighted by Crippen LogP contribution is -2.51. The molecule has 0 spiro atoms. The first kappa shape index (κ1) is 28.3. The van der Waals surface area contributed by atoms with E-state index in [9.17, 15) is 22.4 Å². The van der Waals surface area contributed by atoms with Gasteiger partial charge in [0.2, 0.25) is 11.8 Å². The molecule has 3 rings (SSSR count). The summed E-state index contributed by atoms with van der Waals surface area (Å²) in [6.45, 7) is 5.17. The van der Waals surface area contributed by atoms with Gasteiger partial charge in [-0.1, -0.05) is 45.8 Å². The molecule has 1 N–H and O–H groups in total. The largest absolute Gasteiger partial charge is 0.355 e. The van der Waals surface area contributed by atoms with Gasteiger partial charge in [0.15, 0.2) is 0 Å². The average Bonchev–Trinajstić information content (AvgIpc) is 2.86. The second-order valence-electron chi connectivity index (χ2n) is 8.52. The zero-order chi connectivity index (χ0) is 27.2. The molecular weight excluding hydrogens is 561 g/mol. The molecule has 0 aliphatic carbocycles. The molecule has 0 unspecified atom stereocenters. The summed E-state index contributed by atoms with van der Waals surface area (Å²) in [5, 5.41) is 2.72. The molecule has 3 aromatic rings. The Balaban J connectivity index is 2.02. The molecule has 0 aromatic heterocycles. The normalized spacial score (nSPS) is 12.0. The van der Waals surface area contributed by atoms with Crippen LogP contribution in [0.15, 0.2) is 82.2 Å². The van der Waals surface area contributed by atoms with Crippen LogP contribution in [0.4, 0.5) is 10.1 Å². The number of hydrogen-bond acceptors (Lipinski definition) is 4. The van der Waals surface area contributed by atoms with E-state index in [0.29, 0.717) is 6.54 Å². The molecule has 0 aliphatic heterocycles. The lowest BCUT2D eigenvalue weighted by atomic mass is 10.1. The maximum Gasteiger partial charge on any atom is 0.264 e. The van der Waals surface area contributed by atoms with Gasteiger partial charge >= 0.3 is 0 Å². The SMILES string of the molecule is CCNC(=O)[C@@H](C)N(Cc1cccc(Br)c1)C(=O)CN(c1ccc(C)cc1)S(=O)(=O)c1ccc(F)cc1. The van der Waals surface area contributed by atoms with Crippen LogP contribution in [-0.2, 0) is 26.2 Å². The van der Waals surface area contributed by atoms with Crippen molar-refractivity contribution >= 4 is 43.5 Å². The number of sulfonamides is 1. The van der Waals surface area contributed by atoms with Crippen LogP contribution in [0.25, 0.3) is 0 Å². The Morgan fingerprint density at radius 3 is 2.27 bits per heavy atom. The third kappa shape index (κ3) is 7.17. The molecule has 0 bridgehead atoms. The van der Waals surface area contributed by atoms with E-state index < -0.39 is 34.3 Å². The number of aryl methyl sites for hydroxylation is 1. The Bertz CT molecular complexity index is 1350. The molecule has 0 radical (unpaired) electrons. The molecule has 10 heteroatoms. The van der Waals surface area contributed by atoms with Crippen LogP contribution in [-0.4, -0.2) is 44.3 Å². The minimum Gasteiger partial charge on any atom is -0.355 e. The third-order valence-corrected chi connectivity index (χ3v) is 8.04. The quantitative estimate of drug-likeness (QED) is 0.373. The van der Waals surface area contributed by atoms with Gasteiger partial charge in [-0.15, -0.1) is 0 Å². The number of carbonyl (C=O) groups excluding carboxylic acids is 2. The molecule has 0 fully saturated rings. The fraction of sp³-hybridized carbons (Fsp3) is 0.259. The minimum atomic E-state index is -4.24. The average molecular weight is 591 g/mol. The summed E-state index contributed by atoms with van der Waals surface area (Å²) < 4.78 is 42.6. The van der Waals surface area contributed by atoms with Gasteiger partial charge in [0, 0.05) is 17.6 Å². The highest BCUT2D eigenvalue weighted by Gasteiger charge is 2.32. The van der Waals surface area contributed by atoms with Gasteiger partial charge in [-0.05, 0) is 74.9 Å². The van der Waals surface area contributed by atoms with Crippen LogP contribution in [0.3, 0.4) is 0 Å². The van der Waals surface area contributed by atoms with Gasteiger partial charge in [0.05, 0.1) is 10.6 Å². The number of halogens is 2. The van der Waals surface area contributed by atoms with Gasteiger partial charge in [0.1, 0.15) is 18.4 Å². The van der Waals surface area contributed by atoms with E-state index in [4.69, 9.17) is 0 Å². The highest BCUT2D eigenvalue weighted by atomic mass is 79.9. The van der Waals surface area contributed by atoms with E-state index in [1.165, 1.54) is 4.90 Å². The monoisotopic (exact) mass is 589 g/mol. The summed E-state index contributed by atoms with van der Waals surface area (Å²) in [7, 11) is -4.24. The summed E-state index contributed by atoms with van der Waals surface area (Å²) in [5.41, 5.74) is 1.95. The van der Waals surface area contributed by atoms with E-state index in [1.54, 1.807) is 38.1 Å². The maximum absolute atomic E-state index is 13.7. The predicted octanol–water partition coefficient (Wildman–Crippen LogP) is 4.65. The Morgan fingerprint density at radius 1 is 1.03 bits per heavy atom. The molecule has 0 saturated heterocycles. The fourth-order valence-electron chi connectivity index (χ4n) is 3.71. The molecule has 3 aromatic carbocycles. The molecule has 0 heterocycles. The van der Waals surface area contributed by atoms with Crippen molar-refractivity contribution in [2.75, 3.05) is 17.4 Å². The number of amides is 2. The number of carbonyl (C=O) groups is 2. The van der Waals surface area contributed by atoms with Crippen LogP contribution in [0.2, 0.25) is 0 Å². The molecule has 0 aliphatic rings. The van der Waals surface area contributed by atoms with Gasteiger partial charge < -0.3 is 10.2 Å². The summed E-state index contributed by atoms with van der Waals surface area (Å²) in [6, 6.07) is 17.6. The van der Waals surface area contributed by atoms with Crippen LogP contribution in [0.1, 0.15) is 25.0 Å². The lowest BCUT2D eigenvalue weighted by molar-refractivity contribution is -0.139. The van der Waals surface area contributed by atoms with E-state index in [-0.39, 0.29) is 23.0 Å². The molecule has 196 valence electrons. The van der Waals surface area contributed by atoms with Crippen LogP contribution in [0.5, 0.6) is 0 Å². The van der Waals surface area contributed by atoms with Gasteiger partial charge in [0.25, 0.3) is 10.0 Å². The van der Waals surface area contributed by atoms with Crippen molar-refractivity contribution in [1.29, 1.82) is 0 Å². The first-order chi connectivity index (χ1) is 17.5. The number of nitrogens with one attached hydrogen (secondary N) is 1. The fourth-order valence-corrected chi connectivity index (χ4v) is 5.57. The Kier molecular flexibility index (Phi) is 9.45. The first-order valence-corrected chi connectivity index (χ1v) is 13.9. The summed E-state index contributed by atoms with van der Waals surface area (Å²) in [4.78, 5) is 27.6. The van der Waals surface area contributed by atoms with Crippen LogP contribution >= 0.6 is 15.9 Å². The van der Waals surface area contributed by atoms with Crippen molar-refractivity contribution in [2.45, 2.75) is 38.3 Å². The second kappa shape index (κ2) is 12.3. The zero-order valence-electron chi connectivity index (χ0n) is 20.8. The van der Waals surface area contributed by atoms with Gasteiger partial charge in [-0.3, -0.25) is 13.9 Å². The maximum atomic E-state index is 13.7. The lowest BCUT2D eigenvalue weighted by Gasteiger charge is -2.32. The third-order valence-electron chi connectivity index (χ3n) is 5.76. The topological polar surface area (TPSA) is 86.8 Å². The van der Waals surface area contributed by atoms with Crippen molar-refractivity contribution in [3.63, 3.8) is 0 Å². The Hall–Kier alpha value is -3.24. The number of nitrogens with zero attached hydrogens (tertiary/aromatic N) is 2. The van der Waals surface area contributed by atoms with Crippen molar-refractivity contribution in [3.8, 4) is 0 Å². The summed E-state index contributed by atoms with van der Waals surface area (Å²) in [5.74, 6) is -1.49. The molecular formula is C27H29BrFN3O4S. The molecule has 2 amide bonds. The highest BCUT2D eigenvalue weighted by molar-refractivity contribution is 9.10. The first-order valence-electron chi connectivity index (χ1n) is 11.7. The zero-order valence-corrected chi connectivity index (χ0v) is 23.2. The van der Waals surface area contributed by atoms with Crippen molar-refractivity contribution in [1.82, 2.24) is 10.2 Å². The van der Waals surface area contributed by atoms with Gasteiger partial charge in [-0.2, -0.15) is 0 Å². The second-order valence-corrected chi connectivity index (χ2v) is 11.3. The highest BCUT2D eigenvalue weighted by Crippen LogP contribution is 2.25. The molecule has 37 heavy (non-hydrogen) atoms. The standard InChI is InChI=1S/C27H29BrFN3O4S/c1-4-30-27(34)20(3)31(17-21-6-5-7-22(28)16-21)26(33)18-32(24-12-8-19(2)9-13-24)37(35,36)25-14-10-23(29)11-15-25/h5-16,20H,4,17-18H2,1-3H3,(H,30,34)/t20-/m1/s1. The minimum absolute atomic E-state index is 0.0922. The predicted molar refractivity (Wildman–Crippen MR) is 145 cm³/mol. The van der Waals surface area contributed by atoms with Crippen molar-refractivity contribution < 1.29 is 22.4 Å². The van der Waals surface area contributed by atoms with Crippen LogP contribution in [0, 0.1) is 12.7 Å². The Labute approximate surface area is 225 Å². The number of likely N-dealkylation sites (N-methyl/N-ethyl adjacent to an activating group) is 1. The van der Waals surface area contributed by atoms with Crippen molar-refractivity contribution in [3.05, 3.63) is 94.2 Å². The Morgan fingerprint density at radius 2 is 1.68 bits per heavy atom. The summed E-state index contributed by atoms with van der Waals surface area (Å²) >= 11 is 3.42. The smallest absolute Gasteiger partial charge is 0.264 e. The summed E-state index contributed by atoms with van der Waals surface area (Å²) in [6.07, 6.45) is 0. The number of hydrogen-bond donors (Lipinski definition) is 1. The van der Waals surface area contributed by atoms with E-state index in [0.717, 1.165) is 44.2 Å². The van der Waals surface area contributed by atoms with E-state index >= 15 is 0 Å². The van der Waals surface area contributed by atoms with Crippen molar-refractivity contribution in [2.24, 2.45) is 0 Å². The van der Waals surface area contributed by atoms with E-state index in [2.05, 4.69) is 21.2 Å². The van der Waals surface area contributed by atoms with Crippen LogP contribution < -0.4 is 9.62 Å². The number of benzene rings is 3. The van der Waals surface area contributed by atoms with Gasteiger partial charge in [-0.25, -0.2) is 12.8 Å². The number of anilines is 1. The number of rotatable bonds is 10. The molecule has 1 atom stereocenters. The molecule has 0 saturated carbocycles. The van der Waals surface area contributed by atoms with E-state index in [1.807, 2.05) is 31.2 Å². The molecule has 7 nitrogen and oxygen atoms in total.